The fourth-order valence-electron chi connectivity index (χ4n) is 1.72. The summed E-state index contributed by atoms with van der Waals surface area (Å²) in [4.78, 5) is 23.3. The number of rotatable bonds is 5. The molecule has 1 aliphatic rings. The van der Waals surface area contributed by atoms with E-state index in [-0.39, 0.29) is 17.7 Å². The lowest BCUT2D eigenvalue weighted by molar-refractivity contribution is -0.127. The monoisotopic (exact) mass is 262 g/mol. The number of ketones is 1. The average Bonchev–Trinajstić information content (AvgIpc) is 3.14. The van der Waals surface area contributed by atoms with Crippen molar-refractivity contribution in [2.24, 2.45) is 0 Å². The van der Waals surface area contributed by atoms with Gasteiger partial charge in [-0.05, 0) is 44.9 Å². The van der Waals surface area contributed by atoms with E-state index in [0.29, 0.717) is 17.0 Å². The van der Waals surface area contributed by atoms with Gasteiger partial charge in [0.05, 0.1) is 5.56 Å². The summed E-state index contributed by atoms with van der Waals surface area (Å²) in [6, 6.07) is 5.11. The second kappa shape index (κ2) is 5.30. The zero-order valence-corrected chi connectivity index (χ0v) is 11.1. The second-order valence-corrected chi connectivity index (χ2v) is 4.85. The van der Waals surface area contributed by atoms with E-state index in [1.165, 1.54) is 6.92 Å². The molecular formula is C14H18N2O3. The first kappa shape index (κ1) is 13.4. The van der Waals surface area contributed by atoms with Crippen molar-refractivity contribution in [2.75, 3.05) is 5.73 Å². The molecule has 19 heavy (non-hydrogen) atoms. The molecule has 0 spiro atoms. The molecule has 0 aromatic heterocycles. The Kier molecular flexibility index (Phi) is 3.74. The Morgan fingerprint density at radius 1 is 1.42 bits per heavy atom. The van der Waals surface area contributed by atoms with Crippen molar-refractivity contribution in [3.8, 4) is 5.75 Å². The first-order valence-corrected chi connectivity index (χ1v) is 6.35. The number of ether oxygens (including phenoxy) is 1. The molecule has 3 N–H and O–H groups in total. The number of nitrogens with two attached hydrogens (primary N) is 1. The Balaban J connectivity index is 2.08. The maximum atomic E-state index is 11.8. The SMILES string of the molecule is CC(=O)c1cc(N)ccc1OC(C)C(=O)NC1CC1. The molecule has 1 amide bonds. The summed E-state index contributed by atoms with van der Waals surface area (Å²) in [5.41, 5.74) is 6.53. The maximum Gasteiger partial charge on any atom is 0.260 e. The van der Waals surface area contributed by atoms with Gasteiger partial charge in [0.2, 0.25) is 0 Å². The van der Waals surface area contributed by atoms with Crippen LogP contribution < -0.4 is 15.8 Å². The quantitative estimate of drug-likeness (QED) is 0.622. The Morgan fingerprint density at radius 3 is 2.68 bits per heavy atom. The first-order valence-electron chi connectivity index (χ1n) is 6.35. The molecule has 102 valence electrons. The van der Waals surface area contributed by atoms with Gasteiger partial charge >= 0.3 is 0 Å². The van der Waals surface area contributed by atoms with Crippen LogP contribution >= 0.6 is 0 Å². The number of carbonyl (C=O) groups excluding carboxylic acids is 2. The van der Waals surface area contributed by atoms with E-state index in [0.717, 1.165) is 12.8 Å². The lowest BCUT2D eigenvalue weighted by Gasteiger charge is -2.16. The lowest BCUT2D eigenvalue weighted by Crippen LogP contribution is -2.37. The van der Waals surface area contributed by atoms with Crippen LogP contribution in [0.4, 0.5) is 5.69 Å². The van der Waals surface area contributed by atoms with Gasteiger partial charge in [-0.25, -0.2) is 0 Å². The summed E-state index contributed by atoms with van der Waals surface area (Å²) >= 11 is 0. The first-order chi connectivity index (χ1) is 8.97. The minimum atomic E-state index is -0.637. The number of nitrogens with one attached hydrogen (secondary N) is 1. The smallest absolute Gasteiger partial charge is 0.260 e. The van der Waals surface area contributed by atoms with E-state index < -0.39 is 6.10 Å². The van der Waals surface area contributed by atoms with E-state index in [9.17, 15) is 9.59 Å². The highest BCUT2D eigenvalue weighted by atomic mass is 16.5. The van der Waals surface area contributed by atoms with Crippen LogP contribution in [0.15, 0.2) is 18.2 Å². The topological polar surface area (TPSA) is 81.4 Å². The Hall–Kier alpha value is -2.04. The van der Waals surface area contributed by atoms with Crippen molar-refractivity contribution in [1.82, 2.24) is 5.32 Å². The molecule has 0 aliphatic heterocycles. The van der Waals surface area contributed by atoms with E-state index >= 15 is 0 Å². The van der Waals surface area contributed by atoms with E-state index in [2.05, 4.69) is 5.32 Å². The predicted octanol–water partition coefficient (Wildman–Crippen LogP) is 1.52. The van der Waals surface area contributed by atoms with Gasteiger partial charge in [0.1, 0.15) is 5.75 Å². The van der Waals surface area contributed by atoms with Gasteiger partial charge in [0.15, 0.2) is 11.9 Å². The number of Topliss-reactive ketones (excluding diaryl/α,β-unsaturated/α-hetero) is 1. The van der Waals surface area contributed by atoms with Crippen molar-refractivity contribution in [3.63, 3.8) is 0 Å². The molecule has 1 aliphatic carbocycles. The van der Waals surface area contributed by atoms with E-state index in [1.807, 2.05) is 0 Å². The number of hydrogen-bond donors (Lipinski definition) is 2. The highest BCUT2D eigenvalue weighted by Gasteiger charge is 2.26. The number of carbonyl (C=O) groups is 2. The van der Waals surface area contributed by atoms with E-state index in [1.54, 1.807) is 25.1 Å². The molecule has 5 heteroatoms. The molecule has 0 saturated heterocycles. The summed E-state index contributed by atoms with van der Waals surface area (Å²) in [7, 11) is 0. The number of hydrogen-bond acceptors (Lipinski definition) is 4. The Morgan fingerprint density at radius 2 is 2.11 bits per heavy atom. The Bertz CT molecular complexity index is 509. The highest BCUT2D eigenvalue weighted by Crippen LogP contribution is 2.24. The molecule has 1 fully saturated rings. The summed E-state index contributed by atoms with van der Waals surface area (Å²) < 4.78 is 5.56. The van der Waals surface area contributed by atoms with Gasteiger partial charge in [-0.15, -0.1) is 0 Å². The molecule has 1 atom stereocenters. The molecule has 1 aromatic carbocycles. The Labute approximate surface area is 112 Å². The highest BCUT2D eigenvalue weighted by molar-refractivity contribution is 5.97. The number of benzene rings is 1. The minimum absolute atomic E-state index is 0.142. The second-order valence-electron chi connectivity index (χ2n) is 4.85. The van der Waals surface area contributed by atoms with Crippen LogP contribution in [0.2, 0.25) is 0 Å². The summed E-state index contributed by atoms with van der Waals surface area (Å²) in [6.07, 6.45) is 1.42. The molecule has 1 saturated carbocycles. The van der Waals surface area contributed by atoms with Crippen molar-refractivity contribution in [1.29, 1.82) is 0 Å². The molecule has 2 rings (SSSR count). The molecular weight excluding hydrogens is 244 g/mol. The molecule has 0 bridgehead atoms. The molecule has 5 nitrogen and oxygen atoms in total. The summed E-state index contributed by atoms with van der Waals surface area (Å²) in [5.74, 6) is 0.0890. The number of amides is 1. The van der Waals surface area contributed by atoms with Gasteiger partial charge in [-0.3, -0.25) is 9.59 Å². The van der Waals surface area contributed by atoms with Crippen LogP contribution in [0.1, 0.15) is 37.0 Å². The van der Waals surface area contributed by atoms with Crippen LogP contribution in [0, 0.1) is 0 Å². The normalized spacial score (nSPS) is 15.7. The standard InChI is InChI=1S/C14H18N2O3/c1-8(17)12-7-10(15)3-6-13(12)19-9(2)14(18)16-11-4-5-11/h3,6-7,9,11H,4-5,15H2,1-2H3,(H,16,18). The van der Waals surface area contributed by atoms with Gasteiger partial charge in [-0.2, -0.15) is 0 Å². The number of nitrogen functional groups attached to an aromatic ring is 1. The largest absolute Gasteiger partial charge is 0.480 e. The molecule has 1 aromatic rings. The maximum absolute atomic E-state index is 11.8. The number of anilines is 1. The third-order valence-electron chi connectivity index (χ3n) is 2.98. The van der Waals surface area contributed by atoms with Gasteiger partial charge in [0.25, 0.3) is 5.91 Å². The van der Waals surface area contributed by atoms with Crippen LogP contribution in [0.3, 0.4) is 0 Å². The minimum Gasteiger partial charge on any atom is -0.480 e. The van der Waals surface area contributed by atoms with Crippen molar-refractivity contribution >= 4 is 17.4 Å². The van der Waals surface area contributed by atoms with Gasteiger partial charge in [0, 0.05) is 11.7 Å². The van der Waals surface area contributed by atoms with Crippen molar-refractivity contribution in [3.05, 3.63) is 23.8 Å². The zero-order chi connectivity index (χ0) is 14.0. The average molecular weight is 262 g/mol. The zero-order valence-electron chi connectivity index (χ0n) is 11.1. The molecule has 1 unspecified atom stereocenters. The third-order valence-corrected chi connectivity index (χ3v) is 2.98. The predicted molar refractivity (Wildman–Crippen MR) is 72.1 cm³/mol. The van der Waals surface area contributed by atoms with Gasteiger partial charge in [-0.1, -0.05) is 0 Å². The van der Waals surface area contributed by atoms with Crippen molar-refractivity contribution in [2.45, 2.75) is 38.8 Å². The summed E-state index contributed by atoms with van der Waals surface area (Å²) in [5, 5.41) is 2.86. The fraction of sp³-hybridized carbons (Fsp3) is 0.429. The summed E-state index contributed by atoms with van der Waals surface area (Å²) in [6.45, 7) is 3.11. The van der Waals surface area contributed by atoms with Crippen LogP contribution in [0.5, 0.6) is 5.75 Å². The van der Waals surface area contributed by atoms with Crippen molar-refractivity contribution < 1.29 is 14.3 Å². The third kappa shape index (κ3) is 3.47. The fourth-order valence-corrected chi connectivity index (χ4v) is 1.72. The molecule has 0 radical (unpaired) electrons. The van der Waals surface area contributed by atoms with E-state index in [4.69, 9.17) is 10.5 Å². The van der Waals surface area contributed by atoms with Crippen LogP contribution in [0.25, 0.3) is 0 Å². The van der Waals surface area contributed by atoms with Gasteiger partial charge < -0.3 is 15.8 Å². The van der Waals surface area contributed by atoms with Crippen LogP contribution in [-0.4, -0.2) is 23.8 Å². The molecule has 0 heterocycles. The van der Waals surface area contributed by atoms with Crippen LogP contribution in [-0.2, 0) is 4.79 Å². The lowest BCUT2D eigenvalue weighted by atomic mass is 10.1.